The zero-order valence-corrected chi connectivity index (χ0v) is 10.8. The molecular formula is C13H18ClNO2. The maximum Gasteiger partial charge on any atom is 0.122 e. The number of nitrogens with two attached hydrogens (primary N) is 1. The van der Waals surface area contributed by atoms with Crippen molar-refractivity contribution < 1.29 is 9.47 Å². The normalized spacial score (nSPS) is 26.2. The lowest BCUT2D eigenvalue weighted by Crippen LogP contribution is -2.33. The van der Waals surface area contributed by atoms with Gasteiger partial charge < -0.3 is 15.2 Å². The Labute approximate surface area is 108 Å². The van der Waals surface area contributed by atoms with E-state index in [9.17, 15) is 0 Å². The average molecular weight is 256 g/mol. The Morgan fingerprint density at radius 3 is 3.00 bits per heavy atom. The summed E-state index contributed by atoms with van der Waals surface area (Å²) in [5, 5.41) is 0. The van der Waals surface area contributed by atoms with Gasteiger partial charge in [-0.2, -0.15) is 0 Å². The summed E-state index contributed by atoms with van der Waals surface area (Å²) in [6.07, 6.45) is 2.27. The molecule has 1 aromatic rings. The minimum absolute atomic E-state index is 0. The van der Waals surface area contributed by atoms with E-state index in [2.05, 4.69) is 12.1 Å². The molecule has 0 fully saturated rings. The SMILES string of the molecule is C[C@H]1OCc2ccc3c(c2[C@@H]1N)CCCO3.Cl. The minimum atomic E-state index is -0.0135. The van der Waals surface area contributed by atoms with Crippen LogP contribution in [-0.4, -0.2) is 12.7 Å². The molecule has 0 saturated heterocycles. The van der Waals surface area contributed by atoms with Gasteiger partial charge in [0.2, 0.25) is 0 Å². The highest BCUT2D eigenvalue weighted by molar-refractivity contribution is 5.85. The largest absolute Gasteiger partial charge is 0.493 e. The molecule has 0 radical (unpaired) electrons. The molecule has 94 valence electrons. The van der Waals surface area contributed by atoms with Gasteiger partial charge in [-0.1, -0.05) is 6.07 Å². The van der Waals surface area contributed by atoms with Crippen LogP contribution < -0.4 is 10.5 Å². The van der Waals surface area contributed by atoms with Crippen molar-refractivity contribution in [2.45, 2.75) is 38.5 Å². The Bertz CT molecular complexity index is 422. The molecule has 2 aliphatic heterocycles. The van der Waals surface area contributed by atoms with Crippen molar-refractivity contribution in [1.82, 2.24) is 0 Å². The molecule has 2 N–H and O–H groups in total. The van der Waals surface area contributed by atoms with Crippen LogP contribution in [0.5, 0.6) is 5.75 Å². The van der Waals surface area contributed by atoms with Crippen molar-refractivity contribution in [3.8, 4) is 5.75 Å². The van der Waals surface area contributed by atoms with Gasteiger partial charge in [0.25, 0.3) is 0 Å². The zero-order valence-electron chi connectivity index (χ0n) is 9.94. The maximum absolute atomic E-state index is 6.23. The lowest BCUT2D eigenvalue weighted by molar-refractivity contribution is 0.0207. The van der Waals surface area contributed by atoms with Gasteiger partial charge in [-0.05, 0) is 42.5 Å². The van der Waals surface area contributed by atoms with Crippen LogP contribution in [0.1, 0.15) is 36.1 Å². The Hall–Kier alpha value is -0.770. The lowest BCUT2D eigenvalue weighted by Gasteiger charge is -2.33. The van der Waals surface area contributed by atoms with Crippen LogP contribution in [0.2, 0.25) is 0 Å². The molecule has 1 aromatic carbocycles. The number of hydrogen-bond acceptors (Lipinski definition) is 3. The van der Waals surface area contributed by atoms with Crippen molar-refractivity contribution >= 4 is 12.4 Å². The number of fused-ring (bicyclic) bond motifs is 3. The number of hydrogen-bond donors (Lipinski definition) is 1. The van der Waals surface area contributed by atoms with Gasteiger partial charge >= 0.3 is 0 Å². The molecule has 4 heteroatoms. The number of halogens is 1. The van der Waals surface area contributed by atoms with E-state index in [1.807, 2.05) is 6.92 Å². The average Bonchev–Trinajstić information content (AvgIpc) is 2.33. The van der Waals surface area contributed by atoms with E-state index in [0.29, 0.717) is 6.61 Å². The van der Waals surface area contributed by atoms with E-state index < -0.39 is 0 Å². The number of rotatable bonds is 0. The highest BCUT2D eigenvalue weighted by atomic mass is 35.5. The molecule has 3 rings (SSSR count). The molecule has 0 spiro atoms. The van der Waals surface area contributed by atoms with E-state index in [-0.39, 0.29) is 24.6 Å². The third-order valence-electron chi connectivity index (χ3n) is 3.57. The Morgan fingerprint density at radius 1 is 1.35 bits per heavy atom. The number of ether oxygens (including phenoxy) is 2. The molecule has 2 atom stereocenters. The molecular weight excluding hydrogens is 238 g/mol. The predicted octanol–water partition coefficient (Wildman–Crippen LogP) is 2.35. The minimum Gasteiger partial charge on any atom is -0.493 e. The third-order valence-corrected chi connectivity index (χ3v) is 3.57. The van der Waals surface area contributed by atoms with Crippen molar-refractivity contribution in [2.75, 3.05) is 6.61 Å². The van der Waals surface area contributed by atoms with Gasteiger partial charge in [0.1, 0.15) is 5.75 Å². The molecule has 0 saturated carbocycles. The van der Waals surface area contributed by atoms with E-state index in [0.717, 1.165) is 25.2 Å². The molecule has 0 aliphatic carbocycles. The van der Waals surface area contributed by atoms with Crippen LogP contribution >= 0.6 is 12.4 Å². The second-order valence-corrected chi connectivity index (χ2v) is 4.61. The van der Waals surface area contributed by atoms with Crippen molar-refractivity contribution in [3.05, 3.63) is 28.8 Å². The van der Waals surface area contributed by atoms with Gasteiger partial charge in [0.15, 0.2) is 0 Å². The van der Waals surface area contributed by atoms with E-state index in [1.165, 1.54) is 16.7 Å². The molecule has 2 aliphatic rings. The van der Waals surface area contributed by atoms with Crippen molar-refractivity contribution in [1.29, 1.82) is 0 Å². The molecule has 0 amide bonds. The van der Waals surface area contributed by atoms with E-state index in [1.54, 1.807) is 0 Å². The highest BCUT2D eigenvalue weighted by Crippen LogP contribution is 2.37. The van der Waals surface area contributed by atoms with Gasteiger partial charge in [0, 0.05) is 0 Å². The fourth-order valence-corrected chi connectivity index (χ4v) is 2.62. The van der Waals surface area contributed by atoms with Crippen LogP contribution in [0.3, 0.4) is 0 Å². The highest BCUT2D eigenvalue weighted by Gasteiger charge is 2.29. The first kappa shape index (κ1) is 12.7. The molecule has 0 aromatic heterocycles. The van der Waals surface area contributed by atoms with Gasteiger partial charge in [-0.25, -0.2) is 0 Å². The number of benzene rings is 1. The molecule has 2 heterocycles. The second-order valence-electron chi connectivity index (χ2n) is 4.61. The topological polar surface area (TPSA) is 44.5 Å². The smallest absolute Gasteiger partial charge is 0.122 e. The molecule has 0 unspecified atom stereocenters. The summed E-state index contributed by atoms with van der Waals surface area (Å²) in [6, 6.07) is 4.13. The van der Waals surface area contributed by atoms with Gasteiger partial charge in [0.05, 0.1) is 25.4 Å². The summed E-state index contributed by atoms with van der Waals surface area (Å²) >= 11 is 0. The van der Waals surface area contributed by atoms with Crippen LogP contribution in [0, 0.1) is 0 Å². The molecule has 3 nitrogen and oxygen atoms in total. The van der Waals surface area contributed by atoms with Gasteiger partial charge in [-0.15, -0.1) is 12.4 Å². The van der Waals surface area contributed by atoms with Crippen LogP contribution in [0.25, 0.3) is 0 Å². The summed E-state index contributed by atoms with van der Waals surface area (Å²) in [7, 11) is 0. The first-order chi connectivity index (χ1) is 7.77. The van der Waals surface area contributed by atoms with Crippen LogP contribution in [-0.2, 0) is 17.8 Å². The van der Waals surface area contributed by atoms with Gasteiger partial charge in [-0.3, -0.25) is 0 Å². The maximum atomic E-state index is 6.23. The first-order valence-corrected chi connectivity index (χ1v) is 5.92. The Morgan fingerprint density at radius 2 is 2.18 bits per heavy atom. The van der Waals surface area contributed by atoms with Crippen molar-refractivity contribution in [3.63, 3.8) is 0 Å². The summed E-state index contributed by atoms with van der Waals surface area (Å²) in [6.45, 7) is 3.54. The predicted molar refractivity (Wildman–Crippen MR) is 68.7 cm³/mol. The Balaban J connectivity index is 0.00000108. The molecule has 17 heavy (non-hydrogen) atoms. The summed E-state index contributed by atoms with van der Waals surface area (Å²) in [5.41, 5.74) is 10.1. The quantitative estimate of drug-likeness (QED) is 0.774. The Kier molecular flexibility index (Phi) is 3.61. The fourth-order valence-electron chi connectivity index (χ4n) is 2.62. The summed E-state index contributed by atoms with van der Waals surface area (Å²) < 4.78 is 11.3. The zero-order chi connectivity index (χ0) is 11.1. The first-order valence-electron chi connectivity index (χ1n) is 5.92. The van der Waals surface area contributed by atoms with E-state index in [4.69, 9.17) is 15.2 Å². The second kappa shape index (κ2) is 4.84. The lowest BCUT2D eigenvalue weighted by atomic mass is 9.87. The fraction of sp³-hybridized carbons (Fsp3) is 0.538. The van der Waals surface area contributed by atoms with E-state index >= 15 is 0 Å². The van der Waals surface area contributed by atoms with Crippen molar-refractivity contribution in [2.24, 2.45) is 5.73 Å². The van der Waals surface area contributed by atoms with Crippen LogP contribution in [0.4, 0.5) is 0 Å². The monoisotopic (exact) mass is 255 g/mol. The van der Waals surface area contributed by atoms with Crippen LogP contribution in [0.15, 0.2) is 12.1 Å². The standard InChI is InChI=1S/C13H17NO2.ClH/c1-8-13(14)12-9(7-16-8)4-5-11-10(12)3-2-6-15-11;/h4-5,8,13H,2-3,6-7,14H2,1H3;1H/t8-,13-;/m1./s1. The summed E-state index contributed by atoms with van der Waals surface area (Å²) in [5.74, 6) is 1.02. The third kappa shape index (κ3) is 2.03. The molecule has 0 bridgehead atoms. The summed E-state index contributed by atoms with van der Waals surface area (Å²) in [4.78, 5) is 0.